The fraction of sp³-hybridized carbons (Fsp3) is 0.889. The van der Waals surface area contributed by atoms with Crippen LogP contribution in [0.4, 0.5) is 0 Å². The predicted molar refractivity (Wildman–Crippen MR) is 45.4 cm³/mol. The van der Waals surface area contributed by atoms with Crippen molar-refractivity contribution in [1.29, 1.82) is 0 Å². The standard InChI is InChI=1S/C9H17NO/c1-10-6-8-2-4-9(7-11)5-3-8/h7-10H,2-6H2,1H3/t8-,9-. The van der Waals surface area contributed by atoms with E-state index in [2.05, 4.69) is 5.32 Å². The number of aldehydes is 1. The molecule has 0 bridgehead atoms. The maximum Gasteiger partial charge on any atom is 0.123 e. The summed E-state index contributed by atoms with van der Waals surface area (Å²) in [6, 6.07) is 0. The zero-order chi connectivity index (χ0) is 8.10. The van der Waals surface area contributed by atoms with E-state index >= 15 is 0 Å². The van der Waals surface area contributed by atoms with Crippen LogP contribution in [-0.4, -0.2) is 19.9 Å². The van der Waals surface area contributed by atoms with E-state index < -0.39 is 0 Å². The average molecular weight is 155 g/mol. The predicted octanol–water partition coefficient (Wildman–Crippen LogP) is 1.21. The smallest absolute Gasteiger partial charge is 0.123 e. The molecule has 1 aliphatic carbocycles. The van der Waals surface area contributed by atoms with Gasteiger partial charge < -0.3 is 10.1 Å². The monoisotopic (exact) mass is 155 g/mol. The summed E-state index contributed by atoms with van der Waals surface area (Å²) in [5, 5.41) is 3.18. The van der Waals surface area contributed by atoms with Crippen molar-refractivity contribution in [1.82, 2.24) is 5.32 Å². The molecule has 0 aromatic heterocycles. The van der Waals surface area contributed by atoms with Gasteiger partial charge >= 0.3 is 0 Å². The molecular weight excluding hydrogens is 138 g/mol. The van der Waals surface area contributed by atoms with Gasteiger partial charge in [0.1, 0.15) is 6.29 Å². The molecule has 1 saturated carbocycles. The van der Waals surface area contributed by atoms with Gasteiger partial charge in [-0.05, 0) is 45.2 Å². The lowest BCUT2D eigenvalue weighted by Crippen LogP contribution is -2.24. The van der Waals surface area contributed by atoms with Crippen molar-refractivity contribution in [2.24, 2.45) is 11.8 Å². The van der Waals surface area contributed by atoms with E-state index in [1.807, 2.05) is 7.05 Å². The van der Waals surface area contributed by atoms with Gasteiger partial charge in [-0.15, -0.1) is 0 Å². The summed E-state index contributed by atoms with van der Waals surface area (Å²) in [6.07, 6.45) is 5.79. The molecule has 11 heavy (non-hydrogen) atoms. The number of hydrogen-bond donors (Lipinski definition) is 1. The van der Waals surface area contributed by atoms with Gasteiger partial charge in [-0.3, -0.25) is 0 Å². The number of carbonyl (C=O) groups is 1. The normalized spacial score (nSPS) is 31.7. The molecule has 0 radical (unpaired) electrons. The van der Waals surface area contributed by atoms with Gasteiger partial charge in [0.05, 0.1) is 0 Å². The molecule has 0 aliphatic heterocycles. The fourth-order valence-corrected chi connectivity index (χ4v) is 1.82. The first-order chi connectivity index (χ1) is 5.36. The summed E-state index contributed by atoms with van der Waals surface area (Å²) < 4.78 is 0. The van der Waals surface area contributed by atoms with E-state index in [0.717, 1.165) is 31.6 Å². The van der Waals surface area contributed by atoms with Crippen molar-refractivity contribution in [2.45, 2.75) is 25.7 Å². The average Bonchev–Trinajstić information content (AvgIpc) is 2.07. The minimum absolute atomic E-state index is 0.364. The molecule has 2 heteroatoms. The lowest BCUT2D eigenvalue weighted by molar-refractivity contribution is -0.112. The molecule has 2 nitrogen and oxygen atoms in total. The molecule has 0 spiro atoms. The van der Waals surface area contributed by atoms with Crippen LogP contribution in [0.1, 0.15) is 25.7 Å². The Labute approximate surface area is 68.4 Å². The maximum absolute atomic E-state index is 10.4. The van der Waals surface area contributed by atoms with Crippen LogP contribution in [0, 0.1) is 11.8 Å². The Morgan fingerprint density at radius 3 is 2.45 bits per heavy atom. The zero-order valence-corrected chi connectivity index (χ0v) is 7.18. The highest BCUT2D eigenvalue weighted by atomic mass is 16.1. The summed E-state index contributed by atoms with van der Waals surface area (Å²) in [5.41, 5.74) is 0. The fourth-order valence-electron chi connectivity index (χ4n) is 1.82. The van der Waals surface area contributed by atoms with Gasteiger partial charge in [-0.25, -0.2) is 0 Å². The molecule has 1 rings (SSSR count). The molecule has 0 heterocycles. The van der Waals surface area contributed by atoms with Crippen molar-refractivity contribution < 1.29 is 4.79 Å². The summed E-state index contributed by atoms with van der Waals surface area (Å²) in [7, 11) is 1.99. The lowest BCUT2D eigenvalue weighted by Gasteiger charge is -2.24. The molecule has 0 unspecified atom stereocenters. The largest absolute Gasteiger partial charge is 0.319 e. The topological polar surface area (TPSA) is 29.1 Å². The second-order valence-corrected chi connectivity index (χ2v) is 3.47. The Morgan fingerprint density at radius 2 is 2.00 bits per heavy atom. The van der Waals surface area contributed by atoms with E-state index in [9.17, 15) is 4.79 Å². The van der Waals surface area contributed by atoms with Crippen molar-refractivity contribution in [2.75, 3.05) is 13.6 Å². The second kappa shape index (κ2) is 4.50. The van der Waals surface area contributed by atoms with E-state index in [0.29, 0.717) is 5.92 Å². The Bertz CT molecular complexity index is 117. The van der Waals surface area contributed by atoms with Gasteiger partial charge in [0, 0.05) is 5.92 Å². The van der Waals surface area contributed by atoms with Crippen LogP contribution in [0.3, 0.4) is 0 Å². The van der Waals surface area contributed by atoms with E-state index in [4.69, 9.17) is 0 Å². The Balaban J connectivity index is 2.18. The summed E-state index contributed by atoms with van der Waals surface area (Å²) in [4.78, 5) is 10.4. The van der Waals surface area contributed by atoms with Gasteiger partial charge in [0.25, 0.3) is 0 Å². The lowest BCUT2D eigenvalue weighted by atomic mass is 9.83. The molecule has 0 saturated heterocycles. The van der Waals surface area contributed by atoms with E-state index in [1.54, 1.807) is 0 Å². The first-order valence-corrected chi connectivity index (χ1v) is 4.46. The van der Waals surface area contributed by atoms with Crippen molar-refractivity contribution in [3.63, 3.8) is 0 Å². The third-order valence-corrected chi connectivity index (χ3v) is 2.58. The van der Waals surface area contributed by atoms with Crippen LogP contribution in [0.5, 0.6) is 0 Å². The summed E-state index contributed by atoms with van der Waals surface area (Å²) >= 11 is 0. The van der Waals surface area contributed by atoms with Crippen LogP contribution < -0.4 is 5.32 Å². The number of rotatable bonds is 3. The highest BCUT2D eigenvalue weighted by Gasteiger charge is 2.19. The Morgan fingerprint density at radius 1 is 1.36 bits per heavy atom. The van der Waals surface area contributed by atoms with Crippen molar-refractivity contribution >= 4 is 6.29 Å². The molecule has 0 aromatic rings. The summed E-state index contributed by atoms with van der Waals surface area (Å²) in [5.74, 6) is 1.18. The first kappa shape index (κ1) is 8.72. The highest BCUT2D eigenvalue weighted by Crippen LogP contribution is 2.26. The quantitative estimate of drug-likeness (QED) is 0.621. The molecular formula is C9H17NO. The number of hydrogen-bond acceptors (Lipinski definition) is 2. The third-order valence-electron chi connectivity index (χ3n) is 2.58. The van der Waals surface area contributed by atoms with Gasteiger partial charge in [-0.2, -0.15) is 0 Å². The van der Waals surface area contributed by atoms with Crippen molar-refractivity contribution in [3.8, 4) is 0 Å². The van der Waals surface area contributed by atoms with Crippen LogP contribution >= 0.6 is 0 Å². The molecule has 1 aliphatic rings. The molecule has 64 valence electrons. The molecule has 0 aromatic carbocycles. The van der Waals surface area contributed by atoms with Gasteiger partial charge in [-0.1, -0.05) is 0 Å². The van der Waals surface area contributed by atoms with Crippen molar-refractivity contribution in [3.05, 3.63) is 0 Å². The van der Waals surface area contributed by atoms with Crippen LogP contribution in [0.15, 0.2) is 0 Å². The van der Waals surface area contributed by atoms with Crippen LogP contribution in [-0.2, 0) is 4.79 Å². The van der Waals surface area contributed by atoms with E-state index in [-0.39, 0.29) is 0 Å². The Kier molecular flexibility index (Phi) is 3.57. The number of carbonyl (C=O) groups excluding carboxylic acids is 1. The molecule has 1 N–H and O–H groups in total. The molecule has 1 fully saturated rings. The third kappa shape index (κ3) is 2.62. The zero-order valence-electron chi connectivity index (χ0n) is 7.18. The minimum Gasteiger partial charge on any atom is -0.319 e. The van der Waals surface area contributed by atoms with Gasteiger partial charge in [0.2, 0.25) is 0 Å². The van der Waals surface area contributed by atoms with E-state index in [1.165, 1.54) is 12.8 Å². The number of nitrogens with one attached hydrogen (secondary N) is 1. The Hall–Kier alpha value is -0.370. The molecule has 0 amide bonds. The maximum atomic E-state index is 10.4. The van der Waals surface area contributed by atoms with Crippen LogP contribution in [0.2, 0.25) is 0 Å². The SMILES string of the molecule is CNC[C@H]1CC[C@H](C=O)CC1. The van der Waals surface area contributed by atoms with Gasteiger partial charge in [0.15, 0.2) is 0 Å². The highest BCUT2D eigenvalue weighted by molar-refractivity contribution is 5.53. The van der Waals surface area contributed by atoms with Crippen LogP contribution in [0.25, 0.3) is 0 Å². The summed E-state index contributed by atoms with van der Waals surface area (Å²) in [6.45, 7) is 1.12. The first-order valence-electron chi connectivity index (χ1n) is 4.46. The minimum atomic E-state index is 0.364. The molecule has 0 atom stereocenters. The second-order valence-electron chi connectivity index (χ2n) is 3.47.